The molecule has 0 fully saturated rings. The second-order valence-electron chi connectivity index (χ2n) is 5.53. The highest BCUT2D eigenvalue weighted by molar-refractivity contribution is 7.89. The van der Waals surface area contributed by atoms with Gasteiger partial charge in [-0.2, -0.15) is 9.71 Å². The van der Waals surface area contributed by atoms with Gasteiger partial charge in [-0.25, -0.2) is 8.42 Å². The van der Waals surface area contributed by atoms with Crippen molar-refractivity contribution < 1.29 is 12.9 Å². The average Bonchev–Trinajstić information content (AvgIpc) is 2.86. The van der Waals surface area contributed by atoms with Gasteiger partial charge >= 0.3 is 0 Å². The summed E-state index contributed by atoms with van der Waals surface area (Å²) in [4.78, 5) is 4.20. The molecule has 6 nitrogen and oxygen atoms in total. The van der Waals surface area contributed by atoms with E-state index in [1.54, 1.807) is 26.0 Å². The van der Waals surface area contributed by atoms with Crippen molar-refractivity contribution in [2.75, 3.05) is 0 Å². The molecule has 0 spiro atoms. The summed E-state index contributed by atoms with van der Waals surface area (Å²) in [5.74, 6) is 0.729. The molecule has 0 saturated heterocycles. The fourth-order valence-corrected chi connectivity index (χ4v) is 3.89. The van der Waals surface area contributed by atoms with Crippen LogP contribution in [-0.2, 0) is 22.0 Å². The van der Waals surface area contributed by atoms with E-state index < -0.39 is 15.6 Å². The van der Waals surface area contributed by atoms with Crippen molar-refractivity contribution in [3.05, 3.63) is 40.5 Å². The fourth-order valence-electron chi connectivity index (χ4n) is 1.91. The molecule has 8 heteroatoms. The fraction of sp³-hybridized carbons (Fsp3) is 0.429. The molecular formula is C14H18ClN3O3S. The van der Waals surface area contributed by atoms with Crippen LogP contribution >= 0.6 is 11.6 Å². The summed E-state index contributed by atoms with van der Waals surface area (Å²) in [5.41, 5.74) is -0.141. The zero-order valence-electron chi connectivity index (χ0n) is 12.8. The largest absolute Gasteiger partial charge is 0.339 e. The van der Waals surface area contributed by atoms with Gasteiger partial charge < -0.3 is 4.52 Å². The van der Waals surface area contributed by atoms with Gasteiger partial charge in [0.25, 0.3) is 0 Å². The molecule has 1 aromatic heterocycles. The molecule has 22 heavy (non-hydrogen) atoms. The first-order chi connectivity index (χ1) is 10.2. The predicted molar refractivity (Wildman–Crippen MR) is 83.2 cm³/mol. The maximum Gasteiger partial charge on any atom is 0.242 e. The Hall–Kier alpha value is -1.44. The van der Waals surface area contributed by atoms with Crippen LogP contribution in [0.25, 0.3) is 0 Å². The minimum Gasteiger partial charge on any atom is -0.339 e. The van der Waals surface area contributed by atoms with Gasteiger partial charge in [0.05, 0.1) is 10.6 Å². The molecular weight excluding hydrogens is 326 g/mol. The van der Waals surface area contributed by atoms with E-state index in [0.29, 0.717) is 12.3 Å². The Morgan fingerprint density at radius 2 is 2.05 bits per heavy atom. The Kier molecular flexibility index (Phi) is 4.60. The van der Waals surface area contributed by atoms with Gasteiger partial charge in [0.2, 0.25) is 15.9 Å². The summed E-state index contributed by atoms with van der Waals surface area (Å²) in [6.07, 6.45) is 0.583. The first-order valence-electron chi connectivity index (χ1n) is 6.79. The quantitative estimate of drug-likeness (QED) is 0.902. The maximum absolute atomic E-state index is 12.5. The van der Waals surface area contributed by atoms with E-state index in [-0.39, 0.29) is 15.7 Å². The standard InChI is InChI=1S/C14H18ClN3O3S/c1-5-12-16-13(17-21-12)14(3,4)18-22(19,20)11-7-6-9(2)8-10(11)15/h6-8,18H,5H2,1-4H3. The van der Waals surface area contributed by atoms with E-state index in [4.69, 9.17) is 16.1 Å². The lowest BCUT2D eigenvalue weighted by atomic mass is 10.1. The molecule has 0 amide bonds. The Morgan fingerprint density at radius 1 is 1.36 bits per heavy atom. The molecule has 0 radical (unpaired) electrons. The third kappa shape index (κ3) is 3.48. The second-order valence-corrected chi connectivity index (χ2v) is 7.59. The molecule has 0 aliphatic carbocycles. The number of sulfonamides is 1. The first-order valence-corrected chi connectivity index (χ1v) is 8.65. The van der Waals surface area contributed by atoms with Gasteiger partial charge in [0.1, 0.15) is 4.90 Å². The van der Waals surface area contributed by atoms with Crippen molar-refractivity contribution in [2.45, 2.75) is 44.6 Å². The summed E-state index contributed by atoms with van der Waals surface area (Å²) < 4.78 is 32.7. The number of nitrogens with zero attached hydrogens (tertiary/aromatic N) is 2. The predicted octanol–water partition coefficient (Wildman–Crippen LogP) is 2.81. The van der Waals surface area contributed by atoms with Crippen LogP contribution in [0.5, 0.6) is 0 Å². The molecule has 120 valence electrons. The lowest BCUT2D eigenvalue weighted by Gasteiger charge is -2.22. The summed E-state index contributed by atoms with van der Waals surface area (Å²) in [6.45, 7) is 7.04. The van der Waals surface area contributed by atoms with Crippen molar-refractivity contribution in [3.63, 3.8) is 0 Å². The monoisotopic (exact) mass is 343 g/mol. The summed E-state index contributed by atoms with van der Waals surface area (Å²) >= 11 is 6.05. The molecule has 0 aliphatic heterocycles. The van der Waals surface area contributed by atoms with Crippen molar-refractivity contribution in [1.29, 1.82) is 0 Å². The minimum atomic E-state index is -3.81. The number of hydrogen-bond acceptors (Lipinski definition) is 5. The molecule has 2 aromatic rings. The molecule has 0 unspecified atom stereocenters. The van der Waals surface area contributed by atoms with Crippen LogP contribution < -0.4 is 4.72 Å². The van der Waals surface area contributed by atoms with E-state index in [9.17, 15) is 8.42 Å². The van der Waals surface area contributed by atoms with E-state index >= 15 is 0 Å². The Balaban J connectivity index is 2.34. The van der Waals surface area contributed by atoms with Gasteiger partial charge in [0, 0.05) is 6.42 Å². The van der Waals surface area contributed by atoms with Crippen LogP contribution in [0.3, 0.4) is 0 Å². The van der Waals surface area contributed by atoms with Gasteiger partial charge in [-0.3, -0.25) is 0 Å². The maximum atomic E-state index is 12.5. The molecule has 0 aliphatic rings. The first kappa shape index (κ1) is 16.9. The van der Waals surface area contributed by atoms with Crippen molar-refractivity contribution >= 4 is 21.6 Å². The van der Waals surface area contributed by atoms with Gasteiger partial charge in [-0.15, -0.1) is 0 Å². The molecule has 0 atom stereocenters. The second kappa shape index (κ2) is 5.98. The molecule has 0 saturated carbocycles. The Morgan fingerprint density at radius 3 is 2.59 bits per heavy atom. The van der Waals surface area contributed by atoms with Crippen LogP contribution in [0, 0.1) is 6.92 Å². The van der Waals surface area contributed by atoms with Crippen LogP contribution in [0.15, 0.2) is 27.6 Å². The van der Waals surface area contributed by atoms with Crippen molar-refractivity contribution in [2.24, 2.45) is 0 Å². The van der Waals surface area contributed by atoms with Crippen molar-refractivity contribution in [3.8, 4) is 0 Å². The van der Waals surface area contributed by atoms with E-state index in [0.717, 1.165) is 5.56 Å². The smallest absolute Gasteiger partial charge is 0.242 e. The SMILES string of the molecule is CCc1nc(C(C)(C)NS(=O)(=O)c2ccc(C)cc2Cl)no1. The number of nitrogens with one attached hydrogen (secondary N) is 1. The zero-order chi connectivity index (χ0) is 16.5. The highest BCUT2D eigenvalue weighted by Crippen LogP contribution is 2.26. The lowest BCUT2D eigenvalue weighted by molar-refractivity contribution is 0.356. The molecule has 1 heterocycles. The van der Waals surface area contributed by atoms with Crippen LogP contribution in [-0.4, -0.2) is 18.6 Å². The van der Waals surface area contributed by atoms with Crippen LogP contribution in [0.1, 0.15) is 38.0 Å². The number of hydrogen-bond donors (Lipinski definition) is 1. The number of aryl methyl sites for hydroxylation is 2. The topological polar surface area (TPSA) is 85.1 Å². The highest BCUT2D eigenvalue weighted by Gasteiger charge is 2.33. The Labute approximate surface area is 134 Å². The minimum absolute atomic E-state index is 0.0204. The van der Waals surface area contributed by atoms with Crippen LogP contribution in [0.4, 0.5) is 0 Å². The lowest BCUT2D eigenvalue weighted by Crippen LogP contribution is -2.41. The van der Waals surface area contributed by atoms with Crippen LogP contribution in [0.2, 0.25) is 5.02 Å². The molecule has 1 N–H and O–H groups in total. The number of halogens is 1. The van der Waals surface area contributed by atoms with Crippen molar-refractivity contribution in [1.82, 2.24) is 14.9 Å². The van der Waals surface area contributed by atoms with Gasteiger partial charge in [0.15, 0.2) is 5.82 Å². The molecule has 0 bridgehead atoms. The average molecular weight is 344 g/mol. The molecule has 2 rings (SSSR count). The van der Waals surface area contributed by atoms with E-state index in [2.05, 4.69) is 14.9 Å². The summed E-state index contributed by atoms with van der Waals surface area (Å²) in [7, 11) is -3.81. The van der Waals surface area contributed by atoms with Gasteiger partial charge in [-0.1, -0.05) is 29.7 Å². The third-order valence-corrected chi connectivity index (χ3v) is 5.23. The highest BCUT2D eigenvalue weighted by atomic mass is 35.5. The normalized spacial score (nSPS) is 12.6. The third-order valence-electron chi connectivity index (χ3n) is 3.10. The van der Waals surface area contributed by atoms with Gasteiger partial charge in [-0.05, 0) is 38.5 Å². The number of benzene rings is 1. The summed E-state index contributed by atoms with van der Waals surface area (Å²) in [5, 5.41) is 4.00. The Bertz CT molecular complexity index is 784. The summed E-state index contributed by atoms with van der Waals surface area (Å²) in [6, 6.07) is 4.77. The van der Waals surface area contributed by atoms with E-state index in [1.165, 1.54) is 6.07 Å². The number of rotatable bonds is 5. The molecule has 1 aromatic carbocycles. The zero-order valence-corrected chi connectivity index (χ0v) is 14.4. The van der Waals surface area contributed by atoms with E-state index in [1.807, 2.05) is 13.8 Å². The number of aromatic nitrogens is 2.